The Morgan fingerprint density at radius 1 is 1.53 bits per heavy atom. The van der Waals surface area contributed by atoms with Crippen molar-refractivity contribution >= 4 is 27.5 Å². The summed E-state index contributed by atoms with van der Waals surface area (Å²) in [7, 11) is 0. The quantitative estimate of drug-likeness (QED) is 0.842. The molecule has 0 aliphatic rings. The summed E-state index contributed by atoms with van der Waals surface area (Å²) < 4.78 is 13.0. The Hall–Kier alpha value is -0.900. The molecule has 2 nitrogen and oxygen atoms in total. The molecule has 4 heteroatoms. The van der Waals surface area contributed by atoms with Gasteiger partial charge in [-0.1, -0.05) is 22.9 Å². The molecule has 15 heavy (non-hydrogen) atoms. The smallest absolute Gasteiger partial charge is 0.238 e. The molecule has 0 fully saturated rings. The molecule has 1 unspecified atom stereocenters. The number of aryl methyl sites for hydroxylation is 1. The van der Waals surface area contributed by atoms with Crippen LogP contribution in [-0.4, -0.2) is 10.7 Å². The van der Waals surface area contributed by atoms with Crippen LogP contribution in [0.25, 0.3) is 0 Å². The van der Waals surface area contributed by atoms with Crippen LogP contribution < -0.4 is 5.32 Å². The van der Waals surface area contributed by atoms with E-state index >= 15 is 0 Å². The van der Waals surface area contributed by atoms with E-state index in [0.29, 0.717) is 12.1 Å². The summed E-state index contributed by atoms with van der Waals surface area (Å²) in [5.41, 5.74) is 1.28. The molecule has 0 saturated heterocycles. The first-order valence-corrected chi connectivity index (χ1v) is 5.66. The number of rotatable bonds is 3. The summed E-state index contributed by atoms with van der Waals surface area (Å²) in [5, 5.41) is 2.65. The first-order chi connectivity index (χ1) is 7.02. The van der Waals surface area contributed by atoms with Gasteiger partial charge in [0.2, 0.25) is 5.91 Å². The Balaban J connectivity index is 2.76. The van der Waals surface area contributed by atoms with Gasteiger partial charge in [0.05, 0.1) is 4.83 Å². The van der Waals surface area contributed by atoms with Gasteiger partial charge in [-0.25, -0.2) is 4.39 Å². The van der Waals surface area contributed by atoms with Crippen molar-refractivity contribution in [1.29, 1.82) is 0 Å². The molecule has 0 aromatic heterocycles. The van der Waals surface area contributed by atoms with E-state index < -0.39 is 0 Å². The lowest BCUT2D eigenvalue weighted by molar-refractivity contribution is -0.115. The van der Waals surface area contributed by atoms with E-state index in [9.17, 15) is 9.18 Å². The van der Waals surface area contributed by atoms with Gasteiger partial charge in [-0.3, -0.25) is 4.79 Å². The van der Waals surface area contributed by atoms with E-state index in [-0.39, 0.29) is 16.6 Å². The third-order valence-electron chi connectivity index (χ3n) is 1.95. The highest BCUT2D eigenvalue weighted by Crippen LogP contribution is 2.15. The molecule has 0 bridgehead atoms. The van der Waals surface area contributed by atoms with E-state index in [1.54, 1.807) is 13.0 Å². The molecule has 0 heterocycles. The van der Waals surface area contributed by atoms with Gasteiger partial charge in [0.25, 0.3) is 0 Å². The number of alkyl halides is 1. The van der Waals surface area contributed by atoms with E-state index in [2.05, 4.69) is 21.2 Å². The number of carbonyl (C=O) groups excluding carboxylic acids is 1. The highest BCUT2D eigenvalue weighted by Gasteiger charge is 2.12. The first-order valence-electron chi connectivity index (χ1n) is 4.75. The fraction of sp³-hybridized carbons (Fsp3) is 0.364. The number of carbonyl (C=O) groups is 1. The number of anilines is 1. The molecule has 0 aliphatic carbocycles. The van der Waals surface area contributed by atoms with Crippen LogP contribution in [0.1, 0.15) is 18.9 Å². The number of hydrogen-bond donors (Lipinski definition) is 1. The predicted molar refractivity (Wildman–Crippen MR) is 62.8 cm³/mol. The Labute approximate surface area is 97.0 Å². The van der Waals surface area contributed by atoms with Gasteiger partial charge in [0.15, 0.2) is 0 Å². The summed E-state index contributed by atoms with van der Waals surface area (Å²) >= 11 is 3.23. The lowest BCUT2D eigenvalue weighted by Crippen LogP contribution is -2.22. The number of hydrogen-bond acceptors (Lipinski definition) is 1. The Morgan fingerprint density at radius 3 is 2.73 bits per heavy atom. The van der Waals surface area contributed by atoms with Crippen LogP contribution >= 0.6 is 15.9 Å². The number of amides is 1. The fourth-order valence-corrected chi connectivity index (χ4v) is 1.33. The summed E-state index contributed by atoms with van der Waals surface area (Å²) in [6, 6.07) is 4.46. The SMILES string of the molecule is CCC(Br)C(=O)Nc1cc(C)cc(F)c1. The monoisotopic (exact) mass is 273 g/mol. The Kier molecular flexibility index (Phi) is 4.27. The van der Waals surface area contributed by atoms with Crippen LogP contribution in [0.15, 0.2) is 18.2 Å². The lowest BCUT2D eigenvalue weighted by atomic mass is 10.2. The summed E-state index contributed by atoms with van der Waals surface area (Å²) in [5.74, 6) is -0.490. The maximum absolute atomic E-state index is 13.0. The average molecular weight is 274 g/mol. The normalized spacial score (nSPS) is 12.3. The molecular weight excluding hydrogens is 261 g/mol. The molecule has 0 saturated carbocycles. The van der Waals surface area contributed by atoms with Crippen molar-refractivity contribution < 1.29 is 9.18 Å². The summed E-state index contributed by atoms with van der Waals surface area (Å²) in [6.07, 6.45) is 0.695. The fourth-order valence-electron chi connectivity index (χ4n) is 1.21. The second kappa shape index (κ2) is 5.26. The van der Waals surface area contributed by atoms with Crippen LogP contribution in [0.2, 0.25) is 0 Å². The molecule has 1 aromatic rings. The summed E-state index contributed by atoms with van der Waals surface area (Å²) in [4.78, 5) is 11.3. The zero-order chi connectivity index (χ0) is 11.4. The van der Waals surface area contributed by atoms with Gasteiger partial charge in [-0.05, 0) is 37.1 Å². The first kappa shape index (κ1) is 12.2. The minimum Gasteiger partial charge on any atom is -0.325 e. The van der Waals surface area contributed by atoms with Crippen molar-refractivity contribution in [3.05, 3.63) is 29.6 Å². The molecular formula is C11H13BrFNO. The minimum absolute atomic E-state index is 0.150. The maximum atomic E-state index is 13.0. The highest BCUT2D eigenvalue weighted by molar-refractivity contribution is 9.10. The second-order valence-electron chi connectivity index (χ2n) is 3.38. The van der Waals surface area contributed by atoms with E-state index in [4.69, 9.17) is 0 Å². The van der Waals surface area contributed by atoms with Gasteiger partial charge in [-0.2, -0.15) is 0 Å². The standard InChI is InChI=1S/C11H13BrFNO/c1-3-10(12)11(15)14-9-5-7(2)4-8(13)6-9/h4-6,10H,3H2,1-2H3,(H,14,15). The van der Waals surface area contributed by atoms with Gasteiger partial charge in [0, 0.05) is 5.69 Å². The third kappa shape index (κ3) is 3.63. The maximum Gasteiger partial charge on any atom is 0.238 e. The number of halogens is 2. The van der Waals surface area contributed by atoms with Crippen LogP contribution in [0, 0.1) is 12.7 Å². The van der Waals surface area contributed by atoms with Crippen LogP contribution in [0.4, 0.5) is 10.1 Å². The zero-order valence-corrected chi connectivity index (χ0v) is 10.3. The topological polar surface area (TPSA) is 29.1 Å². The lowest BCUT2D eigenvalue weighted by Gasteiger charge is -2.09. The molecule has 1 atom stereocenters. The number of nitrogens with one attached hydrogen (secondary N) is 1. The molecule has 1 rings (SSSR count). The van der Waals surface area contributed by atoms with Gasteiger partial charge in [-0.15, -0.1) is 0 Å². The molecule has 1 amide bonds. The van der Waals surface area contributed by atoms with Gasteiger partial charge >= 0.3 is 0 Å². The van der Waals surface area contributed by atoms with Crippen molar-refractivity contribution in [2.75, 3.05) is 5.32 Å². The predicted octanol–water partition coefficient (Wildman–Crippen LogP) is 3.25. The highest BCUT2D eigenvalue weighted by atomic mass is 79.9. The van der Waals surface area contributed by atoms with Crippen LogP contribution in [-0.2, 0) is 4.79 Å². The molecule has 82 valence electrons. The Bertz CT molecular complexity index is 347. The van der Waals surface area contributed by atoms with Gasteiger partial charge < -0.3 is 5.32 Å². The largest absolute Gasteiger partial charge is 0.325 e. The van der Waals surface area contributed by atoms with E-state index in [0.717, 1.165) is 5.56 Å². The van der Waals surface area contributed by atoms with Crippen LogP contribution in [0.5, 0.6) is 0 Å². The van der Waals surface area contributed by atoms with Crippen molar-refractivity contribution in [3.63, 3.8) is 0 Å². The zero-order valence-electron chi connectivity index (χ0n) is 8.68. The van der Waals surface area contributed by atoms with E-state index in [1.807, 2.05) is 6.92 Å². The second-order valence-corrected chi connectivity index (χ2v) is 4.49. The molecule has 0 spiro atoms. The summed E-state index contributed by atoms with van der Waals surface area (Å²) in [6.45, 7) is 3.68. The number of benzene rings is 1. The van der Waals surface area contributed by atoms with Gasteiger partial charge in [0.1, 0.15) is 5.82 Å². The van der Waals surface area contributed by atoms with Crippen molar-refractivity contribution in [1.82, 2.24) is 0 Å². The molecule has 0 aliphatic heterocycles. The van der Waals surface area contributed by atoms with E-state index in [1.165, 1.54) is 12.1 Å². The van der Waals surface area contributed by atoms with Crippen LogP contribution in [0.3, 0.4) is 0 Å². The molecule has 1 aromatic carbocycles. The Morgan fingerprint density at radius 2 is 2.20 bits per heavy atom. The van der Waals surface area contributed by atoms with Crippen molar-refractivity contribution in [2.45, 2.75) is 25.1 Å². The minimum atomic E-state index is -0.340. The average Bonchev–Trinajstić information content (AvgIpc) is 2.14. The molecule has 1 N–H and O–H groups in total. The third-order valence-corrected chi connectivity index (χ3v) is 3.02. The van der Waals surface area contributed by atoms with Crippen molar-refractivity contribution in [2.24, 2.45) is 0 Å². The van der Waals surface area contributed by atoms with Crippen molar-refractivity contribution in [3.8, 4) is 0 Å². The molecule has 0 radical (unpaired) electrons.